The molecule has 14 rings (SSSR count). The second-order valence-corrected chi connectivity index (χ2v) is 21.1. The van der Waals surface area contributed by atoms with Crippen LogP contribution in [0.5, 0.6) is 0 Å². The summed E-state index contributed by atoms with van der Waals surface area (Å²) in [6.45, 7) is 0. The van der Waals surface area contributed by atoms with Crippen LogP contribution >= 0.6 is 0 Å². The molecule has 3 aromatic heterocycles. The maximum atomic E-state index is 5.41. The van der Waals surface area contributed by atoms with Gasteiger partial charge in [0.05, 0.1) is 17.1 Å². The molecule has 0 saturated carbocycles. The second kappa shape index (κ2) is 23.2. The van der Waals surface area contributed by atoms with Crippen LogP contribution in [0.2, 0.25) is 0 Å². The molecule has 84 heavy (non-hydrogen) atoms. The molecule has 0 atom stereocenters. The first-order chi connectivity index (χ1) is 41.6. The predicted molar refractivity (Wildman–Crippen MR) is 350 cm³/mol. The molecule has 3 heterocycles. The maximum absolute atomic E-state index is 5.41. The monoisotopic (exact) mass is 1070 g/mol. The van der Waals surface area contributed by atoms with Gasteiger partial charge in [-0.3, -0.25) is 15.0 Å². The zero-order chi connectivity index (χ0) is 56.0. The quantitative estimate of drug-likeness (QED) is 0.115. The van der Waals surface area contributed by atoms with Crippen molar-refractivity contribution in [1.82, 2.24) is 15.0 Å². The first-order valence-corrected chi connectivity index (χ1v) is 28.5. The highest BCUT2D eigenvalue weighted by molar-refractivity contribution is 5.98. The smallest absolute Gasteiger partial charge is 0.0708 e. The summed E-state index contributed by atoms with van der Waals surface area (Å²) >= 11 is 0. The van der Waals surface area contributed by atoms with E-state index in [0.717, 1.165) is 128 Å². The van der Waals surface area contributed by atoms with Crippen LogP contribution in [0.15, 0.2) is 334 Å². The topological polar surface area (TPSA) is 38.7 Å². The Kier molecular flexibility index (Phi) is 14.1. The summed E-state index contributed by atoms with van der Waals surface area (Å²) in [7, 11) is 0. The summed E-state index contributed by atoms with van der Waals surface area (Å²) in [5, 5.41) is 0. The number of benzene rings is 11. The van der Waals surface area contributed by atoms with Gasteiger partial charge in [0.25, 0.3) is 0 Å². The van der Waals surface area contributed by atoms with Crippen LogP contribution in [0, 0.1) is 0 Å². The van der Waals surface area contributed by atoms with E-state index in [2.05, 4.69) is 310 Å². The minimum Gasteiger partial charge on any atom is -0.256 e. The highest BCUT2D eigenvalue weighted by atomic mass is 14.7. The molecule has 0 radical (unpaired) electrons. The van der Waals surface area contributed by atoms with Crippen molar-refractivity contribution in [2.24, 2.45) is 0 Å². The van der Waals surface area contributed by atoms with Crippen LogP contribution in [0.1, 0.15) is 0 Å². The van der Waals surface area contributed by atoms with Gasteiger partial charge in [-0.1, -0.05) is 273 Å². The Morgan fingerprint density at radius 1 is 0.131 bits per heavy atom. The molecule has 0 fully saturated rings. The molecule has 0 saturated heterocycles. The first-order valence-electron chi connectivity index (χ1n) is 28.5. The van der Waals surface area contributed by atoms with Crippen molar-refractivity contribution < 1.29 is 0 Å². The molecule has 0 aliphatic rings. The Morgan fingerprint density at radius 3 is 0.881 bits per heavy atom. The average Bonchev–Trinajstić information content (AvgIpc) is 2.27. The normalized spacial score (nSPS) is 11.1. The molecule has 0 unspecified atom stereocenters. The Hall–Kier alpha value is -11.1. The largest absolute Gasteiger partial charge is 0.256 e. The summed E-state index contributed by atoms with van der Waals surface area (Å²) < 4.78 is 0. The van der Waals surface area contributed by atoms with Crippen molar-refractivity contribution in [3.63, 3.8) is 0 Å². The van der Waals surface area contributed by atoms with Gasteiger partial charge in [-0.2, -0.15) is 0 Å². The zero-order valence-corrected chi connectivity index (χ0v) is 46.1. The summed E-state index contributed by atoms with van der Waals surface area (Å²) in [6, 6.07) is 113. The molecule has 3 heteroatoms. The van der Waals surface area contributed by atoms with Gasteiger partial charge in [-0.15, -0.1) is 0 Å². The third kappa shape index (κ3) is 10.5. The first kappa shape index (κ1) is 51.0. The Labute approximate surface area is 491 Å². The standard InChI is InChI=1S/C81H55N3/c1-6-22-56(23-7-1)57-38-40-60(41-39-57)77-52-81(63-42-45-74(58-24-8-2-9-25-58)76(51-63)59-26-10-3-11-27-59)84-55-78(77)75-37-21-20-36-73(75)68-49-66(71-34-18-16-32-69(71)64-43-46-79(82-53-64)61-28-12-4-13-29-61)48-67(50-68)72-35-19-17-33-70(72)65-44-47-80(83-54-65)62-30-14-5-15-31-62/h1-55H. The van der Waals surface area contributed by atoms with Gasteiger partial charge in [-0.25, -0.2) is 0 Å². The molecule has 0 N–H and O–H groups in total. The molecular weight excluding hydrogens is 1010 g/mol. The molecule has 0 aliphatic carbocycles. The number of hydrogen-bond acceptors (Lipinski definition) is 3. The molecule has 0 aliphatic heterocycles. The lowest BCUT2D eigenvalue weighted by molar-refractivity contribution is 1.32. The van der Waals surface area contributed by atoms with E-state index in [0.29, 0.717) is 0 Å². The lowest BCUT2D eigenvalue weighted by Gasteiger charge is -2.19. The van der Waals surface area contributed by atoms with Gasteiger partial charge in [-0.05, 0) is 137 Å². The number of pyridine rings is 3. The van der Waals surface area contributed by atoms with Crippen LogP contribution < -0.4 is 0 Å². The highest BCUT2D eigenvalue weighted by Gasteiger charge is 2.20. The lowest BCUT2D eigenvalue weighted by Crippen LogP contribution is -1.95. The van der Waals surface area contributed by atoms with Crippen molar-refractivity contribution in [3.05, 3.63) is 334 Å². The van der Waals surface area contributed by atoms with Crippen LogP contribution in [0.25, 0.3) is 145 Å². The Balaban J connectivity index is 0.944. The Morgan fingerprint density at radius 2 is 0.429 bits per heavy atom. The lowest BCUT2D eigenvalue weighted by atomic mass is 9.85. The predicted octanol–water partition coefficient (Wildman–Crippen LogP) is 21.5. The molecular formula is C81H55N3. The van der Waals surface area contributed by atoms with Crippen molar-refractivity contribution in [2.75, 3.05) is 0 Å². The van der Waals surface area contributed by atoms with Gasteiger partial charge in [0.2, 0.25) is 0 Å². The van der Waals surface area contributed by atoms with Crippen molar-refractivity contribution in [1.29, 1.82) is 0 Å². The van der Waals surface area contributed by atoms with Gasteiger partial charge in [0, 0.05) is 52.0 Å². The number of aromatic nitrogens is 3. The molecule has 11 aromatic carbocycles. The summed E-state index contributed by atoms with van der Waals surface area (Å²) in [6.07, 6.45) is 6.11. The van der Waals surface area contributed by atoms with Gasteiger partial charge >= 0.3 is 0 Å². The molecule has 3 nitrogen and oxygen atoms in total. The zero-order valence-electron chi connectivity index (χ0n) is 46.1. The van der Waals surface area contributed by atoms with Crippen molar-refractivity contribution >= 4 is 0 Å². The fourth-order valence-electron chi connectivity index (χ4n) is 11.7. The van der Waals surface area contributed by atoms with E-state index in [1.165, 1.54) is 16.7 Å². The van der Waals surface area contributed by atoms with Gasteiger partial charge in [0.15, 0.2) is 0 Å². The average molecular weight is 1070 g/mol. The fourth-order valence-corrected chi connectivity index (χ4v) is 11.7. The Bertz CT molecular complexity index is 4440. The van der Waals surface area contributed by atoms with E-state index >= 15 is 0 Å². The van der Waals surface area contributed by atoms with Crippen LogP contribution in [0.4, 0.5) is 0 Å². The minimum atomic E-state index is 0.894. The van der Waals surface area contributed by atoms with Crippen molar-refractivity contribution in [2.45, 2.75) is 0 Å². The van der Waals surface area contributed by atoms with Crippen LogP contribution in [-0.4, -0.2) is 15.0 Å². The molecule has 0 spiro atoms. The van der Waals surface area contributed by atoms with E-state index < -0.39 is 0 Å². The maximum Gasteiger partial charge on any atom is 0.0708 e. The van der Waals surface area contributed by atoms with Gasteiger partial charge in [0.1, 0.15) is 0 Å². The van der Waals surface area contributed by atoms with Crippen molar-refractivity contribution in [3.8, 4) is 145 Å². The van der Waals surface area contributed by atoms with E-state index in [1.807, 2.05) is 24.5 Å². The third-order valence-electron chi connectivity index (χ3n) is 15.9. The molecule has 394 valence electrons. The van der Waals surface area contributed by atoms with Crippen LogP contribution in [0.3, 0.4) is 0 Å². The summed E-state index contributed by atoms with van der Waals surface area (Å²) in [4.78, 5) is 15.4. The second-order valence-electron chi connectivity index (χ2n) is 21.1. The minimum absolute atomic E-state index is 0.894. The summed E-state index contributed by atoms with van der Waals surface area (Å²) in [5.74, 6) is 0. The molecule has 14 aromatic rings. The SMILES string of the molecule is c1ccc(-c2ccc(-c3cc(-c4ccc(-c5ccccc5)c(-c5ccccc5)c4)ncc3-c3ccccc3-c3cc(-c4ccccc4-c4ccc(-c5ccccc5)nc4)cc(-c4ccccc4-c4ccc(-c5ccccc5)nc4)c3)cc2)cc1. The highest BCUT2D eigenvalue weighted by Crippen LogP contribution is 2.45. The summed E-state index contributed by atoms with van der Waals surface area (Å²) in [5.41, 5.74) is 28.1. The molecule has 0 bridgehead atoms. The fraction of sp³-hybridized carbons (Fsp3) is 0. The number of nitrogens with zero attached hydrogens (tertiary/aromatic N) is 3. The molecule has 0 amide bonds. The van der Waals surface area contributed by atoms with Crippen LogP contribution in [-0.2, 0) is 0 Å². The number of hydrogen-bond donors (Lipinski definition) is 0. The number of rotatable bonds is 13. The van der Waals surface area contributed by atoms with Gasteiger partial charge < -0.3 is 0 Å². The van der Waals surface area contributed by atoms with E-state index in [1.54, 1.807) is 0 Å². The van der Waals surface area contributed by atoms with E-state index in [9.17, 15) is 0 Å². The van der Waals surface area contributed by atoms with E-state index in [4.69, 9.17) is 15.0 Å². The third-order valence-corrected chi connectivity index (χ3v) is 15.9. The van der Waals surface area contributed by atoms with E-state index in [-0.39, 0.29) is 0 Å².